The van der Waals surface area contributed by atoms with Crippen molar-refractivity contribution in [3.8, 4) is 0 Å². The highest BCUT2D eigenvalue weighted by Crippen LogP contribution is 2.28. The molecule has 2 saturated heterocycles. The number of hydrogen-bond donors (Lipinski definition) is 7. The van der Waals surface area contributed by atoms with Crippen LogP contribution in [0.3, 0.4) is 0 Å². The summed E-state index contributed by atoms with van der Waals surface area (Å²) in [4.78, 5) is 12.1. The lowest BCUT2D eigenvalue weighted by Crippen LogP contribution is -2.64. The minimum atomic E-state index is -1.76. The fourth-order valence-electron chi connectivity index (χ4n) is 4.21. The molecule has 0 bridgehead atoms. The zero-order valence-corrected chi connectivity index (χ0v) is 20.2. The van der Waals surface area contributed by atoms with Crippen molar-refractivity contribution >= 4 is 5.97 Å². The van der Waals surface area contributed by atoms with E-state index < -0.39 is 80.6 Å². The third kappa shape index (κ3) is 8.85. The van der Waals surface area contributed by atoms with E-state index in [1.54, 1.807) is 0 Å². The summed E-state index contributed by atoms with van der Waals surface area (Å²) in [7, 11) is 0. The van der Waals surface area contributed by atoms with Crippen LogP contribution in [0.1, 0.15) is 64.7 Å². The van der Waals surface area contributed by atoms with Crippen molar-refractivity contribution in [3.63, 3.8) is 0 Å². The number of aliphatic hydroxyl groups excluding tert-OH is 7. The number of unbranched alkanes of at least 4 members (excludes halogenated alkanes) is 7. The number of rotatable bonds is 14. The zero-order chi connectivity index (χ0) is 26.0. The van der Waals surface area contributed by atoms with Gasteiger partial charge in [0.1, 0.15) is 55.4 Å². The van der Waals surface area contributed by atoms with Crippen LogP contribution in [0.15, 0.2) is 0 Å². The maximum Gasteiger partial charge on any atom is 0.305 e. The Hall–Kier alpha value is -0.930. The van der Waals surface area contributed by atoms with E-state index in [1.165, 1.54) is 25.7 Å². The fourth-order valence-corrected chi connectivity index (χ4v) is 4.21. The first kappa shape index (κ1) is 30.3. The lowest BCUT2D eigenvalue weighted by atomic mass is 9.97. The zero-order valence-electron chi connectivity index (χ0n) is 20.2. The summed E-state index contributed by atoms with van der Waals surface area (Å²) in [6.45, 7) is 1.06. The molecule has 0 aromatic heterocycles. The number of ether oxygens (including phenoxy) is 4. The molecule has 206 valence electrons. The molecule has 2 aliphatic heterocycles. The summed E-state index contributed by atoms with van der Waals surface area (Å²) in [6.07, 6.45) is -7.08. The smallest absolute Gasteiger partial charge is 0.305 e. The molecular formula is C23H42O12. The summed E-state index contributed by atoms with van der Waals surface area (Å²) in [5, 5.41) is 69.8. The number of hydrogen-bond acceptors (Lipinski definition) is 12. The van der Waals surface area contributed by atoms with E-state index in [-0.39, 0.29) is 6.42 Å². The van der Waals surface area contributed by atoms with Crippen molar-refractivity contribution in [1.29, 1.82) is 0 Å². The van der Waals surface area contributed by atoms with Gasteiger partial charge in [0.25, 0.3) is 0 Å². The van der Waals surface area contributed by atoms with Gasteiger partial charge < -0.3 is 54.7 Å². The largest absolute Gasteiger partial charge is 0.463 e. The Balaban J connectivity index is 1.81. The van der Waals surface area contributed by atoms with Crippen LogP contribution in [-0.2, 0) is 23.7 Å². The normalized spacial score (nSPS) is 37.8. The molecule has 0 aromatic carbocycles. The van der Waals surface area contributed by atoms with Crippen molar-refractivity contribution in [1.82, 2.24) is 0 Å². The highest BCUT2D eigenvalue weighted by molar-refractivity contribution is 5.69. The van der Waals surface area contributed by atoms with Gasteiger partial charge in [0.2, 0.25) is 0 Å². The van der Waals surface area contributed by atoms with Crippen LogP contribution < -0.4 is 0 Å². The number of carbonyl (C=O) groups excluding carboxylic acids is 1. The second-order valence-electron chi connectivity index (χ2n) is 9.25. The van der Waals surface area contributed by atoms with Gasteiger partial charge in [-0.3, -0.25) is 4.79 Å². The van der Waals surface area contributed by atoms with Gasteiger partial charge in [0, 0.05) is 6.42 Å². The van der Waals surface area contributed by atoms with Crippen molar-refractivity contribution in [3.05, 3.63) is 0 Å². The summed E-state index contributed by atoms with van der Waals surface area (Å²) in [6, 6.07) is 0. The third-order valence-electron chi connectivity index (χ3n) is 6.44. The predicted octanol–water partition coefficient (Wildman–Crippen LogP) is -1.32. The SMILES string of the molecule is CCCCCCCCCCC(=O)OC[C@H]1O[C@H](O[C@H]2[C@H](O)[C@@H](O)[C@H](O)O[C@@H]2CO)[C@H](O)[C@@H](O)[C@@H]1O. The lowest BCUT2D eigenvalue weighted by molar-refractivity contribution is -0.355. The van der Waals surface area contributed by atoms with Gasteiger partial charge in [-0.2, -0.15) is 0 Å². The molecule has 0 spiro atoms. The van der Waals surface area contributed by atoms with Crippen molar-refractivity contribution in [2.45, 2.75) is 126 Å². The Labute approximate surface area is 205 Å². The average Bonchev–Trinajstić information content (AvgIpc) is 2.85. The summed E-state index contributed by atoms with van der Waals surface area (Å²) in [5.41, 5.74) is 0. The Morgan fingerprint density at radius 2 is 1.37 bits per heavy atom. The van der Waals surface area contributed by atoms with E-state index >= 15 is 0 Å². The molecule has 0 aromatic rings. The second-order valence-corrected chi connectivity index (χ2v) is 9.25. The molecule has 2 aliphatic rings. The van der Waals surface area contributed by atoms with Gasteiger partial charge in [0.15, 0.2) is 12.6 Å². The van der Waals surface area contributed by atoms with Gasteiger partial charge in [-0.05, 0) is 6.42 Å². The molecule has 2 heterocycles. The number of esters is 1. The Morgan fingerprint density at radius 3 is 2.00 bits per heavy atom. The molecule has 7 N–H and O–H groups in total. The van der Waals surface area contributed by atoms with Gasteiger partial charge in [0.05, 0.1) is 6.61 Å². The van der Waals surface area contributed by atoms with Crippen molar-refractivity contribution < 1.29 is 59.5 Å². The Morgan fingerprint density at radius 1 is 0.743 bits per heavy atom. The molecule has 2 fully saturated rings. The van der Waals surface area contributed by atoms with Crippen LogP contribution in [0.4, 0.5) is 0 Å². The standard InChI is InChI=1S/C23H42O12/c1-2-3-4-5-6-7-8-9-10-15(25)32-12-14-16(26)17(27)20(30)23(34-14)35-21-13(11-24)33-22(31)19(29)18(21)28/h13-14,16-24,26-31H,2-12H2,1H3/t13-,14-,16-,17+,18-,19-,20-,21-,22-,23-/m1/s1. The highest BCUT2D eigenvalue weighted by atomic mass is 16.7. The first-order valence-corrected chi connectivity index (χ1v) is 12.5. The first-order valence-electron chi connectivity index (χ1n) is 12.5. The minimum Gasteiger partial charge on any atom is -0.463 e. The summed E-state index contributed by atoms with van der Waals surface area (Å²) in [5.74, 6) is -0.488. The van der Waals surface area contributed by atoms with E-state index in [2.05, 4.69) is 6.92 Å². The lowest BCUT2D eigenvalue weighted by Gasteiger charge is -2.45. The van der Waals surface area contributed by atoms with Crippen molar-refractivity contribution in [2.24, 2.45) is 0 Å². The van der Waals surface area contributed by atoms with Crippen molar-refractivity contribution in [2.75, 3.05) is 13.2 Å². The number of aliphatic hydroxyl groups is 7. The van der Waals surface area contributed by atoms with Gasteiger partial charge >= 0.3 is 5.97 Å². The van der Waals surface area contributed by atoms with E-state index in [4.69, 9.17) is 18.9 Å². The van der Waals surface area contributed by atoms with Crippen LogP contribution in [0, 0.1) is 0 Å². The molecule has 12 nitrogen and oxygen atoms in total. The van der Waals surface area contributed by atoms with Crippen LogP contribution in [0.5, 0.6) is 0 Å². The quantitative estimate of drug-likeness (QED) is 0.108. The Kier molecular flexibility index (Phi) is 13.3. The topological polar surface area (TPSA) is 196 Å². The monoisotopic (exact) mass is 510 g/mol. The third-order valence-corrected chi connectivity index (χ3v) is 6.44. The molecule has 2 rings (SSSR count). The molecule has 0 aliphatic carbocycles. The van der Waals surface area contributed by atoms with Crippen LogP contribution in [0.2, 0.25) is 0 Å². The van der Waals surface area contributed by atoms with Gasteiger partial charge in [-0.1, -0.05) is 51.9 Å². The second kappa shape index (κ2) is 15.4. The molecule has 0 saturated carbocycles. The maximum absolute atomic E-state index is 12.1. The molecular weight excluding hydrogens is 468 g/mol. The van der Waals surface area contributed by atoms with E-state index in [0.717, 1.165) is 19.3 Å². The molecule has 0 amide bonds. The van der Waals surface area contributed by atoms with Gasteiger partial charge in [-0.15, -0.1) is 0 Å². The maximum atomic E-state index is 12.1. The van der Waals surface area contributed by atoms with Crippen LogP contribution >= 0.6 is 0 Å². The first-order chi connectivity index (χ1) is 16.7. The fraction of sp³-hybridized carbons (Fsp3) is 0.957. The highest BCUT2D eigenvalue weighted by Gasteiger charge is 2.50. The van der Waals surface area contributed by atoms with E-state index in [0.29, 0.717) is 6.42 Å². The Bertz CT molecular complexity index is 605. The van der Waals surface area contributed by atoms with Crippen LogP contribution in [-0.4, -0.2) is 116 Å². The molecule has 0 radical (unpaired) electrons. The number of carbonyl (C=O) groups is 1. The average molecular weight is 511 g/mol. The molecule has 35 heavy (non-hydrogen) atoms. The summed E-state index contributed by atoms with van der Waals surface area (Å²) < 4.78 is 21.1. The molecule has 10 atom stereocenters. The van der Waals surface area contributed by atoms with Gasteiger partial charge in [-0.25, -0.2) is 0 Å². The van der Waals surface area contributed by atoms with Crippen LogP contribution in [0.25, 0.3) is 0 Å². The van der Waals surface area contributed by atoms with E-state index in [1.807, 2.05) is 0 Å². The van der Waals surface area contributed by atoms with E-state index in [9.17, 15) is 40.5 Å². The summed E-state index contributed by atoms with van der Waals surface area (Å²) >= 11 is 0. The molecule has 12 heteroatoms. The molecule has 0 unspecified atom stereocenters. The predicted molar refractivity (Wildman–Crippen MR) is 120 cm³/mol. The minimum absolute atomic E-state index is 0.201.